The summed E-state index contributed by atoms with van der Waals surface area (Å²) in [6, 6.07) is -0.827. The number of unbranched alkanes of at least 4 members (excludes halogenated alkanes) is 7. The normalized spacial score (nSPS) is 15.5. The van der Waals surface area contributed by atoms with Crippen molar-refractivity contribution < 1.29 is 28.4 Å². The summed E-state index contributed by atoms with van der Waals surface area (Å²) in [4.78, 5) is 22.4. The van der Waals surface area contributed by atoms with Crippen molar-refractivity contribution >= 4 is 13.7 Å². The average molecular weight is 611 g/mol. The zero-order valence-corrected chi connectivity index (χ0v) is 27.1. The van der Waals surface area contributed by atoms with Gasteiger partial charge in [0.25, 0.3) is 0 Å². The first-order valence-corrected chi connectivity index (χ1v) is 17.4. The molecule has 0 aromatic rings. The molecule has 0 bridgehead atoms. The average Bonchev–Trinajstić information content (AvgIpc) is 2.97. The van der Waals surface area contributed by atoms with E-state index in [4.69, 9.17) is 14.8 Å². The van der Waals surface area contributed by atoms with Crippen molar-refractivity contribution in [2.75, 3.05) is 19.8 Å². The molecular formula is C33H59N2O6P. The molecule has 0 fully saturated rings. The number of hydrogen-bond donors (Lipinski definition) is 4. The third-order valence-electron chi connectivity index (χ3n) is 6.41. The standard InChI is InChI=1S/C33H59N2O6P/c1-3-5-7-9-11-13-14-15-16-17-18-19-21-23-25-27-33(37)35-31(30-41-42(38,39)40-29-28-34)32(36)26-24-22-20-12-10-8-6-4-2/h5,7,11,13,15-16,18-19,23,25,31-32,36H,3-4,6,8-10,12,14,17,20-22,24,26-30,34H2,1-2H3,(H,35,37)(H,38,39)/b7-5-,13-11-,16-15-,19-18-,25-23-. The lowest BCUT2D eigenvalue weighted by Crippen LogP contribution is -2.46. The number of phosphoric acid groups is 1. The van der Waals surface area contributed by atoms with E-state index in [-0.39, 0.29) is 32.1 Å². The van der Waals surface area contributed by atoms with E-state index in [0.717, 1.165) is 44.9 Å². The molecule has 0 saturated carbocycles. The Morgan fingerprint density at radius 3 is 1.81 bits per heavy atom. The molecule has 0 aromatic carbocycles. The Hall–Kier alpha value is -1.80. The lowest BCUT2D eigenvalue weighted by molar-refractivity contribution is -0.122. The number of nitrogens with two attached hydrogens (primary N) is 1. The maximum Gasteiger partial charge on any atom is 0.472 e. The third kappa shape index (κ3) is 27.1. The van der Waals surface area contributed by atoms with Gasteiger partial charge in [-0.2, -0.15) is 0 Å². The number of carbonyl (C=O) groups is 1. The van der Waals surface area contributed by atoms with Crippen LogP contribution in [0, 0.1) is 0 Å². The Kier molecular flexibility index (Phi) is 28.0. The van der Waals surface area contributed by atoms with Crippen LogP contribution in [-0.2, 0) is 18.4 Å². The molecule has 9 heteroatoms. The van der Waals surface area contributed by atoms with Crippen LogP contribution in [0.25, 0.3) is 0 Å². The van der Waals surface area contributed by atoms with Crippen molar-refractivity contribution in [3.05, 3.63) is 60.8 Å². The highest BCUT2D eigenvalue weighted by Crippen LogP contribution is 2.43. The quantitative estimate of drug-likeness (QED) is 0.0408. The molecule has 1 amide bonds. The second-order valence-electron chi connectivity index (χ2n) is 10.3. The summed E-state index contributed by atoms with van der Waals surface area (Å²) in [5, 5.41) is 13.5. The highest BCUT2D eigenvalue weighted by atomic mass is 31.2. The second-order valence-corrected chi connectivity index (χ2v) is 11.8. The van der Waals surface area contributed by atoms with E-state index in [0.29, 0.717) is 12.8 Å². The number of nitrogens with one attached hydrogen (secondary N) is 1. The number of carbonyl (C=O) groups excluding carboxylic acids is 1. The van der Waals surface area contributed by atoms with Crippen LogP contribution >= 0.6 is 7.82 Å². The van der Waals surface area contributed by atoms with Crippen LogP contribution in [0.3, 0.4) is 0 Å². The Morgan fingerprint density at radius 2 is 1.29 bits per heavy atom. The minimum Gasteiger partial charge on any atom is -0.391 e. The predicted molar refractivity (Wildman–Crippen MR) is 175 cm³/mol. The molecule has 3 atom stereocenters. The fourth-order valence-corrected chi connectivity index (χ4v) is 4.78. The van der Waals surface area contributed by atoms with Gasteiger partial charge < -0.3 is 21.1 Å². The maximum atomic E-state index is 12.5. The molecule has 0 rings (SSSR count). The van der Waals surface area contributed by atoms with Gasteiger partial charge in [-0.15, -0.1) is 0 Å². The highest BCUT2D eigenvalue weighted by Gasteiger charge is 2.27. The number of hydrogen-bond acceptors (Lipinski definition) is 6. The van der Waals surface area contributed by atoms with Gasteiger partial charge >= 0.3 is 7.82 Å². The molecule has 0 aliphatic rings. The Labute approximate surface area is 255 Å². The van der Waals surface area contributed by atoms with Gasteiger partial charge in [0.15, 0.2) is 0 Å². The molecule has 0 aromatic heterocycles. The Balaban J connectivity index is 4.52. The minimum atomic E-state index is -4.32. The van der Waals surface area contributed by atoms with Crippen molar-refractivity contribution in [2.45, 2.75) is 122 Å². The van der Waals surface area contributed by atoms with Crippen molar-refractivity contribution in [3.63, 3.8) is 0 Å². The van der Waals surface area contributed by atoms with Gasteiger partial charge in [-0.3, -0.25) is 13.8 Å². The van der Waals surface area contributed by atoms with Gasteiger partial charge in [0.05, 0.1) is 25.4 Å². The van der Waals surface area contributed by atoms with E-state index in [2.05, 4.69) is 67.8 Å². The molecule has 0 saturated heterocycles. The van der Waals surface area contributed by atoms with Gasteiger partial charge in [-0.05, 0) is 38.5 Å². The van der Waals surface area contributed by atoms with Crippen molar-refractivity contribution in [3.8, 4) is 0 Å². The lowest BCUT2D eigenvalue weighted by atomic mass is 10.0. The van der Waals surface area contributed by atoms with Gasteiger partial charge in [0.2, 0.25) is 5.91 Å². The molecular weight excluding hydrogens is 551 g/mol. The second kappa shape index (κ2) is 29.3. The van der Waals surface area contributed by atoms with Gasteiger partial charge in [0.1, 0.15) is 0 Å². The third-order valence-corrected chi connectivity index (χ3v) is 7.40. The van der Waals surface area contributed by atoms with Crippen LogP contribution in [0.15, 0.2) is 60.8 Å². The number of aliphatic hydroxyl groups excluding tert-OH is 1. The number of aliphatic hydroxyl groups is 1. The zero-order chi connectivity index (χ0) is 31.2. The fraction of sp³-hybridized carbons (Fsp3) is 0.667. The minimum absolute atomic E-state index is 0.0718. The van der Waals surface area contributed by atoms with Gasteiger partial charge in [0, 0.05) is 13.0 Å². The first kappa shape index (κ1) is 40.2. The molecule has 8 nitrogen and oxygen atoms in total. The van der Waals surface area contributed by atoms with Gasteiger partial charge in [-0.25, -0.2) is 4.57 Å². The fourth-order valence-electron chi connectivity index (χ4n) is 4.02. The van der Waals surface area contributed by atoms with Crippen LogP contribution in [0.1, 0.15) is 110 Å². The predicted octanol–water partition coefficient (Wildman–Crippen LogP) is 7.60. The zero-order valence-electron chi connectivity index (χ0n) is 26.2. The monoisotopic (exact) mass is 610 g/mol. The summed E-state index contributed by atoms with van der Waals surface area (Å²) in [5.41, 5.74) is 5.32. The van der Waals surface area contributed by atoms with Crippen LogP contribution in [0.2, 0.25) is 0 Å². The molecule has 3 unspecified atom stereocenters. The lowest BCUT2D eigenvalue weighted by Gasteiger charge is -2.25. The Bertz CT molecular complexity index is 840. The van der Waals surface area contributed by atoms with E-state index in [1.54, 1.807) is 6.08 Å². The number of rotatable bonds is 28. The SMILES string of the molecule is CC/C=C\C/C=C\C/C=C\C/C=C\C/C=C\CC(=O)NC(COP(=O)(O)OCCN)C(O)CCCCCCCCCC. The van der Waals surface area contributed by atoms with Crippen LogP contribution in [0.4, 0.5) is 0 Å². The molecule has 242 valence electrons. The molecule has 5 N–H and O–H groups in total. The summed E-state index contributed by atoms with van der Waals surface area (Å²) in [6.45, 7) is 3.93. The van der Waals surface area contributed by atoms with Crippen LogP contribution in [0.5, 0.6) is 0 Å². The summed E-state index contributed by atoms with van der Waals surface area (Å²) in [7, 11) is -4.32. The highest BCUT2D eigenvalue weighted by molar-refractivity contribution is 7.47. The number of allylic oxidation sites excluding steroid dienone is 9. The maximum absolute atomic E-state index is 12.5. The first-order chi connectivity index (χ1) is 20.4. The van der Waals surface area contributed by atoms with Crippen molar-refractivity contribution in [2.24, 2.45) is 5.73 Å². The topological polar surface area (TPSA) is 131 Å². The van der Waals surface area contributed by atoms with Crippen LogP contribution < -0.4 is 11.1 Å². The summed E-state index contributed by atoms with van der Waals surface area (Å²) >= 11 is 0. The van der Waals surface area contributed by atoms with Gasteiger partial charge in [-0.1, -0.05) is 126 Å². The van der Waals surface area contributed by atoms with E-state index < -0.39 is 20.0 Å². The smallest absolute Gasteiger partial charge is 0.391 e. The molecule has 42 heavy (non-hydrogen) atoms. The molecule has 0 aliphatic heterocycles. The van der Waals surface area contributed by atoms with E-state index in [1.807, 2.05) is 6.08 Å². The summed E-state index contributed by atoms with van der Waals surface area (Å²) in [5.74, 6) is -0.296. The Morgan fingerprint density at radius 1 is 0.786 bits per heavy atom. The molecule has 0 heterocycles. The van der Waals surface area contributed by atoms with E-state index in [1.165, 1.54) is 32.1 Å². The molecule has 0 spiro atoms. The number of amides is 1. The summed E-state index contributed by atoms with van der Waals surface area (Å²) in [6.07, 6.45) is 34.1. The van der Waals surface area contributed by atoms with Crippen molar-refractivity contribution in [1.82, 2.24) is 5.32 Å². The molecule has 0 aliphatic carbocycles. The molecule has 0 radical (unpaired) electrons. The summed E-state index contributed by atoms with van der Waals surface area (Å²) < 4.78 is 21.9. The first-order valence-electron chi connectivity index (χ1n) is 15.9. The number of phosphoric ester groups is 1. The largest absolute Gasteiger partial charge is 0.472 e. The van der Waals surface area contributed by atoms with Crippen LogP contribution in [-0.4, -0.2) is 47.8 Å². The van der Waals surface area contributed by atoms with E-state index >= 15 is 0 Å². The van der Waals surface area contributed by atoms with Crippen molar-refractivity contribution in [1.29, 1.82) is 0 Å². The van der Waals surface area contributed by atoms with E-state index in [9.17, 15) is 19.4 Å².